The van der Waals surface area contributed by atoms with Gasteiger partial charge in [0.25, 0.3) is 5.91 Å². The van der Waals surface area contributed by atoms with Crippen LogP contribution in [0.1, 0.15) is 29.4 Å². The molecule has 2 unspecified atom stereocenters. The van der Waals surface area contributed by atoms with Gasteiger partial charge in [-0.05, 0) is 37.9 Å². The highest BCUT2D eigenvalue weighted by Crippen LogP contribution is 2.27. The number of para-hydroxylation sites is 1. The van der Waals surface area contributed by atoms with Gasteiger partial charge in [-0.2, -0.15) is 0 Å². The fourth-order valence-electron chi connectivity index (χ4n) is 2.98. The predicted octanol–water partition coefficient (Wildman–Crippen LogP) is 2.53. The van der Waals surface area contributed by atoms with Gasteiger partial charge in [0.1, 0.15) is 12.4 Å². The summed E-state index contributed by atoms with van der Waals surface area (Å²) in [5.74, 6) is 1.01. The van der Waals surface area contributed by atoms with Crippen molar-refractivity contribution in [2.24, 2.45) is 11.7 Å². The molecule has 5 nitrogen and oxygen atoms in total. The van der Waals surface area contributed by atoms with E-state index in [-0.39, 0.29) is 11.9 Å². The Balaban J connectivity index is 1.75. The van der Waals surface area contributed by atoms with Gasteiger partial charge in [-0.25, -0.2) is 4.98 Å². The summed E-state index contributed by atoms with van der Waals surface area (Å²) >= 11 is 1.53. The molecule has 23 heavy (non-hydrogen) atoms. The van der Waals surface area contributed by atoms with Crippen molar-refractivity contribution < 1.29 is 9.53 Å². The van der Waals surface area contributed by atoms with Crippen LogP contribution in [-0.4, -0.2) is 34.9 Å². The monoisotopic (exact) mass is 331 g/mol. The molecule has 0 saturated carbocycles. The first-order chi connectivity index (χ1) is 11.2. The van der Waals surface area contributed by atoms with Crippen LogP contribution in [0.25, 0.3) is 0 Å². The lowest BCUT2D eigenvalue weighted by Crippen LogP contribution is -2.34. The quantitative estimate of drug-likeness (QED) is 0.914. The predicted molar refractivity (Wildman–Crippen MR) is 90.5 cm³/mol. The van der Waals surface area contributed by atoms with Gasteiger partial charge in [-0.3, -0.25) is 4.79 Å². The van der Waals surface area contributed by atoms with Crippen LogP contribution < -0.4 is 10.5 Å². The summed E-state index contributed by atoms with van der Waals surface area (Å²) < 4.78 is 5.82. The Morgan fingerprint density at radius 3 is 3.00 bits per heavy atom. The second-order valence-electron chi connectivity index (χ2n) is 5.91. The fourth-order valence-corrected chi connectivity index (χ4v) is 3.52. The van der Waals surface area contributed by atoms with Gasteiger partial charge in [0, 0.05) is 18.0 Å². The van der Waals surface area contributed by atoms with Crippen molar-refractivity contribution in [2.75, 3.05) is 13.1 Å². The standard InChI is InChI=1S/C17H21N3O2S/c1-12-6-13(7-18)8-20(12)17(21)15-4-2-3-5-16(15)22-9-14-10-23-11-19-14/h2-5,10-13H,6-9,18H2,1H3. The second kappa shape index (κ2) is 7.10. The highest BCUT2D eigenvalue weighted by atomic mass is 32.1. The number of rotatable bonds is 5. The maximum atomic E-state index is 12.9. The fraction of sp³-hybridized carbons (Fsp3) is 0.412. The summed E-state index contributed by atoms with van der Waals surface area (Å²) in [6.07, 6.45) is 0.962. The Labute approximate surface area is 140 Å². The summed E-state index contributed by atoms with van der Waals surface area (Å²) in [6.45, 7) is 3.79. The summed E-state index contributed by atoms with van der Waals surface area (Å²) in [6, 6.07) is 7.61. The zero-order chi connectivity index (χ0) is 16.2. The summed E-state index contributed by atoms with van der Waals surface area (Å²) in [5.41, 5.74) is 9.01. The molecule has 3 rings (SSSR count). The number of carbonyl (C=O) groups excluding carboxylic acids is 1. The minimum atomic E-state index is 0.0160. The molecule has 122 valence electrons. The van der Waals surface area contributed by atoms with E-state index in [4.69, 9.17) is 10.5 Å². The number of hydrogen-bond acceptors (Lipinski definition) is 5. The van der Waals surface area contributed by atoms with E-state index in [0.29, 0.717) is 30.4 Å². The minimum absolute atomic E-state index is 0.0160. The van der Waals surface area contributed by atoms with Gasteiger partial charge in [-0.15, -0.1) is 11.3 Å². The van der Waals surface area contributed by atoms with Gasteiger partial charge in [-0.1, -0.05) is 12.1 Å². The molecule has 1 aromatic heterocycles. The summed E-state index contributed by atoms with van der Waals surface area (Å²) in [4.78, 5) is 19.0. The van der Waals surface area contributed by atoms with Crippen molar-refractivity contribution in [3.05, 3.63) is 46.4 Å². The third kappa shape index (κ3) is 3.54. The summed E-state index contributed by atoms with van der Waals surface area (Å²) in [5, 5.41) is 1.94. The lowest BCUT2D eigenvalue weighted by atomic mass is 10.1. The molecule has 1 aromatic carbocycles. The lowest BCUT2D eigenvalue weighted by Gasteiger charge is -2.22. The number of carbonyl (C=O) groups is 1. The number of nitrogens with two attached hydrogens (primary N) is 1. The molecular weight excluding hydrogens is 310 g/mol. The topological polar surface area (TPSA) is 68.5 Å². The third-order valence-electron chi connectivity index (χ3n) is 4.23. The SMILES string of the molecule is CC1CC(CN)CN1C(=O)c1ccccc1OCc1cscn1. The number of benzene rings is 1. The van der Waals surface area contributed by atoms with Crippen LogP contribution in [0, 0.1) is 5.92 Å². The van der Waals surface area contributed by atoms with Crippen LogP contribution in [0.4, 0.5) is 0 Å². The number of hydrogen-bond donors (Lipinski definition) is 1. The number of nitrogens with zero attached hydrogens (tertiary/aromatic N) is 2. The van der Waals surface area contributed by atoms with E-state index >= 15 is 0 Å². The average Bonchev–Trinajstić information content (AvgIpc) is 3.22. The van der Waals surface area contributed by atoms with E-state index in [1.165, 1.54) is 11.3 Å². The molecule has 0 bridgehead atoms. The van der Waals surface area contributed by atoms with E-state index in [2.05, 4.69) is 11.9 Å². The normalized spacial score (nSPS) is 20.7. The van der Waals surface area contributed by atoms with E-state index in [1.54, 1.807) is 5.51 Å². The zero-order valence-corrected chi connectivity index (χ0v) is 14.0. The molecule has 1 aliphatic rings. The number of ether oxygens (including phenoxy) is 1. The smallest absolute Gasteiger partial charge is 0.257 e. The Kier molecular flexibility index (Phi) is 4.93. The zero-order valence-electron chi connectivity index (χ0n) is 13.1. The van der Waals surface area contributed by atoms with Crippen LogP contribution in [0.3, 0.4) is 0 Å². The van der Waals surface area contributed by atoms with E-state index in [0.717, 1.165) is 18.7 Å². The number of aromatic nitrogens is 1. The first kappa shape index (κ1) is 16.0. The molecule has 2 aromatic rings. The van der Waals surface area contributed by atoms with Crippen molar-refractivity contribution in [1.29, 1.82) is 0 Å². The molecule has 1 aliphatic heterocycles. The Morgan fingerprint density at radius 1 is 1.48 bits per heavy atom. The largest absolute Gasteiger partial charge is 0.486 e. The third-order valence-corrected chi connectivity index (χ3v) is 4.87. The van der Waals surface area contributed by atoms with Crippen molar-refractivity contribution in [3.8, 4) is 5.75 Å². The van der Waals surface area contributed by atoms with E-state index in [1.807, 2.05) is 34.5 Å². The molecule has 2 N–H and O–H groups in total. The molecule has 0 aliphatic carbocycles. The van der Waals surface area contributed by atoms with Gasteiger partial charge in [0.05, 0.1) is 16.8 Å². The molecule has 6 heteroatoms. The van der Waals surface area contributed by atoms with E-state index in [9.17, 15) is 4.79 Å². The van der Waals surface area contributed by atoms with Crippen molar-refractivity contribution in [3.63, 3.8) is 0 Å². The molecule has 1 amide bonds. The Morgan fingerprint density at radius 2 is 2.30 bits per heavy atom. The Bertz CT molecular complexity index is 660. The maximum Gasteiger partial charge on any atom is 0.257 e. The average molecular weight is 331 g/mol. The van der Waals surface area contributed by atoms with E-state index < -0.39 is 0 Å². The maximum absolute atomic E-state index is 12.9. The minimum Gasteiger partial charge on any atom is -0.486 e. The number of amides is 1. The molecule has 0 spiro atoms. The molecular formula is C17H21N3O2S. The highest BCUT2D eigenvalue weighted by molar-refractivity contribution is 7.07. The molecule has 1 fully saturated rings. The van der Waals surface area contributed by atoms with Crippen LogP contribution in [-0.2, 0) is 6.61 Å². The number of likely N-dealkylation sites (tertiary alicyclic amines) is 1. The molecule has 2 atom stereocenters. The summed E-state index contributed by atoms with van der Waals surface area (Å²) in [7, 11) is 0. The van der Waals surface area contributed by atoms with Crippen LogP contribution in [0.5, 0.6) is 5.75 Å². The molecule has 1 saturated heterocycles. The highest BCUT2D eigenvalue weighted by Gasteiger charge is 2.33. The van der Waals surface area contributed by atoms with Crippen LogP contribution in [0.15, 0.2) is 35.2 Å². The van der Waals surface area contributed by atoms with Crippen molar-refractivity contribution in [1.82, 2.24) is 9.88 Å². The van der Waals surface area contributed by atoms with Gasteiger partial charge in [0.15, 0.2) is 0 Å². The van der Waals surface area contributed by atoms with Crippen LogP contribution in [0.2, 0.25) is 0 Å². The van der Waals surface area contributed by atoms with Gasteiger partial charge in [0.2, 0.25) is 0 Å². The van der Waals surface area contributed by atoms with Gasteiger partial charge >= 0.3 is 0 Å². The first-order valence-electron chi connectivity index (χ1n) is 7.79. The van der Waals surface area contributed by atoms with Crippen molar-refractivity contribution in [2.45, 2.75) is 26.0 Å². The van der Waals surface area contributed by atoms with Crippen molar-refractivity contribution >= 4 is 17.2 Å². The molecule has 0 radical (unpaired) electrons. The second-order valence-corrected chi connectivity index (χ2v) is 6.63. The Hall–Kier alpha value is -1.92. The molecule has 2 heterocycles. The lowest BCUT2D eigenvalue weighted by molar-refractivity contribution is 0.0738. The first-order valence-corrected chi connectivity index (χ1v) is 8.73. The number of thiazole rings is 1. The van der Waals surface area contributed by atoms with Gasteiger partial charge < -0.3 is 15.4 Å². The van der Waals surface area contributed by atoms with Crippen LogP contribution >= 0.6 is 11.3 Å².